The van der Waals surface area contributed by atoms with E-state index in [0.717, 1.165) is 25.7 Å². The molecule has 0 saturated carbocycles. The van der Waals surface area contributed by atoms with E-state index in [0.29, 0.717) is 0 Å². The molecule has 2 N–H and O–H groups in total. The highest BCUT2D eigenvalue weighted by molar-refractivity contribution is 5.85. The average Bonchev–Trinajstić information content (AvgIpc) is 2.09. The summed E-state index contributed by atoms with van der Waals surface area (Å²) in [5.41, 5.74) is 4.94. The van der Waals surface area contributed by atoms with E-state index < -0.39 is 0 Å². The van der Waals surface area contributed by atoms with Crippen LogP contribution in [-0.4, -0.2) is 5.91 Å². The Kier molecular flexibility index (Phi) is 8.31. The second-order valence-electron chi connectivity index (χ2n) is 2.97. The number of primary amides is 1. The lowest BCUT2D eigenvalue weighted by Crippen LogP contribution is -2.05. The molecule has 2 heteroatoms. The Morgan fingerprint density at radius 2 is 1.77 bits per heavy atom. The lowest BCUT2D eigenvalue weighted by molar-refractivity contribution is -0.113. The topological polar surface area (TPSA) is 43.1 Å². The van der Waals surface area contributed by atoms with Crippen molar-refractivity contribution >= 4 is 5.91 Å². The highest BCUT2D eigenvalue weighted by Gasteiger charge is 1.84. The summed E-state index contributed by atoms with van der Waals surface area (Å²) < 4.78 is 0. The van der Waals surface area contributed by atoms with Crippen LogP contribution in [0.15, 0.2) is 24.3 Å². The predicted molar refractivity (Wildman–Crippen MR) is 56.2 cm³/mol. The van der Waals surface area contributed by atoms with Gasteiger partial charge in [-0.1, -0.05) is 25.2 Å². The van der Waals surface area contributed by atoms with Crippen LogP contribution in [0, 0.1) is 0 Å². The fourth-order valence-corrected chi connectivity index (χ4v) is 1.01. The molecule has 0 radical (unpaired) electrons. The minimum Gasteiger partial charge on any atom is -0.366 e. The van der Waals surface area contributed by atoms with Crippen molar-refractivity contribution in [3.05, 3.63) is 24.3 Å². The molecule has 0 spiro atoms. The summed E-state index contributed by atoms with van der Waals surface area (Å²) in [5.74, 6) is -0.356. The molecule has 0 aromatic carbocycles. The van der Waals surface area contributed by atoms with Gasteiger partial charge in [0.05, 0.1) is 0 Å². The summed E-state index contributed by atoms with van der Waals surface area (Å²) in [7, 11) is 0. The van der Waals surface area contributed by atoms with Gasteiger partial charge in [0.1, 0.15) is 0 Å². The molecule has 1 amide bonds. The van der Waals surface area contributed by atoms with Crippen molar-refractivity contribution in [1.29, 1.82) is 0 Å². The molecule has 0 rings (SSSR count). The number of carbonyl (C=O) groups is 1. The molecular weight excluding hydrogens is 162 g/mol. The second kappa shape index (κ2) is 9.04. The van der Waals surface area contributed by atoms with Crippen LogP contribution in [0.25, 0.3) is 0 Å². The second-order valence-corrected chi connectivity index (χ2v) is 2.97. The van der Waals surface area contributed by atoms with Crippen molar-refractivity contribution in [2.75, 3.05) is 0 Å². The first kappa shape index (κ1) is 11.9. The first-order valence-electron chi connectivity index (χ1n) is 4.88. The van der Waals surface area contributed by atoms with Crippen LogP contribution >= 0.6 is 0 Å². The number of nitrogens with two attached hydrogens (primary N) is 1. The Hall–Kier alpha value is -1.05. The molecular formula is C11H19NO. The van der Waals surface area contributed by atoms with Gasteiger partial charge in [-0.3, -0.25) is 4.79 Å². The molecule has 0 fully saturated rings. The maximum absolute atomic E-state index is 10.3. The highest BCUT2D eigenvalue weighted by atomic mass is 16.1. The first-order chi connectivity index (χ1) is 6.27. The van der Waals surface area contributed by atoms with Crippen LogP contribution in [0.5, 0.6) is 0 Å². The standard InChI is InChI=1S/C11H19NO/c1-2-3-4-5-6-7-8-9-10-11(12)13/h3-4,9-10H,2,5-8H2,1H3,(H2,12,13)/b4-3-,10-9+. The third-order valence-corrected chi connectivity index (χ3v) is 1.68. The third-order valence-electron chi connectivity index (χ3n) is 1.68. The Morgan fingerprint density at radius 1 is 1.15 bits per heavy atom. The van der Waals surface area contributed by atoms with Gasteiger partial charge in [-0.25, -0.2) is 0 Å². The van der Waals surface area contributed by atoms with Gasteiger partial charge in [-0.05, 0) is 38.2 Å². The molecule has 0 bridgehead atoms. The molecule has 74 valence electrons. The third kappa shape index (κ3) is 10.9. The van der Waals surface area contributed by atoms with E-state index in [1.807, 2.05) is 6.08 Å². The van der Waals surface area contributed by atoms with Crippen molar-refractivity contribution in [3.63, 3.8) is 0 Å². The minimum atomic E-state index is -0.356. The van der Waals surface area contributed by atoms with E-state index in [1.165, 1.54) is 12.5 Å². The van der Waals surface area contributed by atoms with Crippen LogP contribution in [-0.2, 0) is 4.79 Å². The summed E-state index contributed by atoms with van der Waals surface area (Å²) in [6, 6.07) is 0. The Balaban J connectivity index is 3.17. The minimum absolute atomic E-state index is 0.356. The Morgan fingerprint density at radius 3 is 2.31 bits per heavy atom. The van der Waals surface area contributed by atoms with Gasteiger partial charge in [0.2, 0.25) is 5.91 Å². The normalized spacial score (nSPS) is 11.5. The van der Waals surface area contributed by atoms with E-state index >= 15 is 0 Å². The van der Waals surface area contributed by atoms with Gasteiger partial charge in [-0.2, -0.15) is 0 Å². The summed E-state index contributed by atoms with van der Waals surface area (Å²) in [6.45, 7) is 2.13. The number of hydrogen-bond donors (Lipinski definition) is 1. The maximum Gasteiger partial charge on any atom is 0.241 e. The lowest BCUT2D eigenvalue weighted by Gasteiger charge is -1.92. The van der Waals surface area contributed by atoms with E-state index in [9.17, 15) is 4.79 Å². The molecule has 0 aliphatic heterocycles. The summed E-state index contributed by atoms with van der Waals surface area (Å²) in [5, 5.41) is 0. The fraction of sp³-hybridized carbons (Fsp3) is 0.545. The van der Waals surface area contributed by atoms with Gasteiger partial charge in [-0.15, -0.1) is 0 Å². The van der Waals surface area contributed by atoms with Crippen molar-refractivity contribution in [1.82, 2.24) is 0 Å². The predicted octanol–water partition coefficient (Wildman–Crippen LogP) is 2.55. The SMILES string of the molecule is CC/C=C\CCCC/C=C/C(N)=O. The van der Waals surface area contributed by atoms with Gasteiger partial charge in [0.15, 0.2) is 0 Å². The van der Waals surface area contributed by atoms with E-state index in [2.05, 4.69) is 19.1 Å². The van der Waals surface area contributed by atoms with Crippen LogP contribution in [0.2, 0.25) is 0 Å². The lowest BCUT2D eigenvalue weighted by atomic mass is 10.2. The molecule has 0 aromatic rings. The largest absolute Gasteiger partial charge is 0.366 e. The molecule has 0 unspecified atom stereocenters. The molecule has 0 atom stereocenters. The fourth-order valence-electron chi connectivity index (χ4n) is 1.01. The monoisotopic (exact) mass is 181 g/mol. The molecule has 0 saturated heterocycles. The zero-order valence-corrected chi connectivity index (χ0v) is 8.33. The molecule has 0 aliphatic rings. The van der Waals surface area contributed by atoms with Crippen LogP contribution in [0.3, 0.4) is 0 Å². The number of rotatable bonds is 7. The molecule has 0 heterocycles. The van der Waals surface area contributed by atoms with Crippen molar-refractivity contribution in [2.24, 2.45) is 5.73 Å². The molecule has 0 aromatic heterocycles. The highest BCUT2D eigenvalue weighted by Crippen LogP contribution is 2.01. The van der Waals surface area contributed by atoms with Crippen LogP contribution in [0.1, 0.15) is 39.0 Å². The van der Waals surface area contributed by atoms with Crippen LogP contribution in [0.4, 0.5) is 0 Å². The maximum atomic E-state index is 10.3. The van der Waals surface area contributed by atoms with Gasteiger partial charge < -0.3 is 5.73 Å². The molecule has 2 nitrogen and oxygen atoms in total. The van der Waals surface area contributed by atoms with E-state index in [4.69, 9.17) is 5.73 Å². The summed E-state index contributed by atoms with van der Waals surface area (Å²) >= 11 is 0. The van der Waals surface area contributed by atoms with Crippen molar-refractivity contribution in [3.8, 4) is 0 Å². The van der Waals surface area contributed by atoms with Crippen LogP contribution < -0.4 is 5.73 Å². The van der Waals surface area contributed by atoms with E-state index in [1.54, 1.807) is 0 Å². The molecule has 13 heavy (non-hydrogen) atoms. The number of carbonyl (C=O) groups excluding carboxylic acids is 1. The quantitative estimate of drug-likeness (QED) is 0.366. The molecule has 0 aliphatic carbocycles. The average molecular weight is 181 g/mol. The number of amides is 1. The Bertz CT molecular complexity index is 183. The number of hydrogen-bond acceptors (Lipinski definition) is 1. The van der Waals surface area contributed by atoms with Crippen molar-refractivity contribution in [2.45, 2.75) is 39.0 Å². The Labute approximate surface area is 80.5 Å². The van der Waals surface area contributed by atoms with Gasteiger partial charge in [0.25, 0.3) is 0 Å². The zero-order valence-electron chi connectivity index (χ0n) is 8.33. The summed E-state index contributed by atoms with van der Waals surface area (Å²) in [4.78, 5) is 10.3. The number of unbranched alkanes of at least 4 members (excludes halogenated alkanes) is 3. The zero-order chi connectivity index (χ0) is 9.94. The van der Waals surface area contributed by atoms with Crippen molar-refractivity contribution < 1.29 is 4.79 Å². The summed E-state index contributed by atoms with van der Waals surface area (Å²) in [6.07, 6.45) is 13.2. The first-order valence-corrected chi connectivity index (χ1v) is 4.88. The van der Waals surface area contributed by atoms with E-state index in [-0.39, 0.29) is 5.91 Å². The van der Waals surface area contributed by atoms with Gasteiger partial charge in [0, 0.05) is 0 Å². The smallest absolute Gasteiger partial charge is 0.241 e. The number of allylic oxidation sites excluding steroid dienone is 3. The van der Waals surface area contributed by atoms with Gasteiger partial charge >= 0.3 is 0 Å².